The largest absolute Gasteiger partial charge is 0.497 e. The minimum atomic E-state index is -0.898. The summed E-state index contributed by atoms with van der Waals surface area (Å²) in [4.78, 5) is 23.6. The molecule has 0 bridgehead atoms. The molecule has 0 aliphatic heterocycles. The van der Waals surface area contributed by atoms with Crippen LogP contribution in [0.15, 0.2) is 59.4 Å². The smallest absolute Gasteiger partial charge is 0.307 e. The monoisotopic (exact) mass is 443 g/mol. The fourth-order valence-corrected chi connectivity index (χ4v) is 3.52. The van der Waals surface area contributed by atoms with Gasteiger partial charge in [-0.3, -0.25) is 9.59 Å². The minimum Gasteiger partial charge on any atom is -0.497 e. The van der Waals surface area contributed by atoms with Gasteiger partial charge in [0, 0.05) is 0 Å². The number of carboxylic acid groups (broad SMARTS) is 1. The van der Waals surface area contributed by atoms with Crippen molar-refractivity contribution in [1.82, 2.24) is 4.57 Å². The first-order valence-electron chi connectivity index (χ1n) is 9.08. The van der Waals surface area contributed by atoms with Crippen molar-refractivity contribution in [3.05, 3.63) is 97.4 Å². The van der Waals surface area contributed by atoms with Gasteiger partial charge in [0.1, 0.15) is 10.8 Å². The maximum absolute atomic E-state index is 12.7. The number of aromatic nitrogens is 1. The van der Waals surface area contributed by atoms with E-state index < -0.39 is 5.97 Å². The summed E-state index contributed by atoms with van der Waals surface area (Å²) in [5, 5.41) is 9.28. The van der Waals surface area contributed by atoms with Crippen molar-refractivity contribution < 1.29 is 14.6 Å². The van der Waals surface area contributed by atoms with Crippen LogP contribution < -0.4 is 10.3 Å². The molecule has 1 heterocycles. The van der Waals surface area contributed by atoms with Crippen LogP contribution in [0.1, 0.15) is 22.4 Å². The highest BCUT2D eigenvalue weighted by molar-refractivity contribution is 6.35. The van der Waals surface area contributed by atoms with Gasteiger partial charge in [0.25, 0.3) is 5.56 Å². The maximum atomic E-state index is 12.7. The summed E-state index contributed by atoms with van der Waals surface area (Å²) in [5.41, 5.74) is 2.54. The van der Waals surface area contributed by atoms with E-state index in [4.69, 9.17) is 33.0 Å². The summed E-state index contributed by atoms with van der Waals surface area (Å²) in [6, 6.07) is 16.0. The lowest BCUT2D eigenvalue weighted by Gasteiger charge is -2.13. The molecule has 1 aromatic heterocycles. The zero-order valence-corrected chi connectivity index (χ0v) is 17.7. The second-order valence-electron chi connectivity index (χ2n) is 6.61. The van der Waals surface area contributed by atoms with Crippen LogP contribution in [0.4, 0.5) is 0 Å². The van der Waals surface area contributed by atoms with Crippen LogP contribution in [0.2, 0.25) is 10.0 Å². The number of pyridine rings is 1. The summed E-state index contributed by atoms with van der Waals surface area (Å²) in [6.07, 6.45) is 3.54. The normalized spacial score (nSPS) is 11.0. The van der Waals surface area contributed by atoms with Crippen LogP contribution in [0.25, 0.3) is 12.2 Å². The van der Waals surface area contributed by atoms with Crippen molar-refractivity contribution >= 4 is 41.3 Å². The molecule has 1 N–H and O–H groups in total. The zero-order valence-electron chi connectivity index (χ0n) is 16.1. The summed E-state index contributed by atoms with van der Waals surface area (Å²) >= 11 is 12.5. The number of aliphatic carboxylic acids is 1. The van der Waals surface area contributed by atoms with Crippen LogP contribution in [0, 0.1) is 0 Å². The highest BCUT2D eigenvalue weighted by Gasteiger charge is 2.12. The third kappa shape index (κ3) is 5.32. The summed E-state index contributed by atoms with van der Waals surface area (Å²) in [5.74, 6) is -0.177. The van der Waals surface area contributed by atoms with Gasteiger partial charge in [0.2, 0.25) is 0 Å². The van der Waals surface area contributed by atoms with Crippen LogP contribution in [-0.2, 0) is 17.8 Å². The predicted molar refractivity (Wildman–Crippen MR) is 120 cm³/mol. The second kappa shape index (κ2) is 9.65. The third-order valence-corrected chi connectivity index (χ3v) is 5.06. The SMILES string of the molecule is COc1cccc(C=Cc2c(Cl)cc(Cl)c(=O)n2Cc2ccc(CC(=O)O)cc2)c1. The van der Waals surface area contributed by atoms with E-state index in [9.17, 15) is 9.59 Å². The number of ether oxygens (including phenoxy) is 1. The molecule has 0 saturated carbocycles. The van der Waals surface area contributed by atoms with E-state index in [-0.39, 0.29) is 23.5 Å². The Morgan fingerprint density at radius 1 is 1.03 bits per heavy atom. The zero-order chi connectivity index (χ0) is 21.7. The van der Waals surface area contributed by atoms with Gasteiger partial charge in [0.15, 0.2) is 0 Å². The molecule has 0 atom stereocenters. The van der Waals surface area contributed by atoms with Crippen molar-refractivity contribution in [2.75, 3.05) is 7.11 Å². The Hall–Kier alpha value is -3.02. The molecule has 3 aromatic rings. The molecule has 7 heteroatoms. The molecule has 0 unspecified atom stereocenters. The Kier molecular flexibility index (Phi) is 6.98. The number of hydrogen-bond acceptors (Lipinski definition) is 3. The van der Waals surface area contributed by atoms with E-state index in [0.717, 1.165) is 16.9 Å². The van der Waals surface area contributed by atoms with Gasteiger partial charge in [-0.2, -0.15) is 0 Å². The van der Waals surface area contributed by atoms with Gasteiger partial charge in [-0.1, -0.05) is 65.7 Å². The van der Waals surface area contributed by atoms with Crippen molar-refractivity contribution in [2.45, 2.75) is 13.0 Å². The molecule has 0 amide bonds. The first kappa shape index (κ1) is 21.7. The minimum absolute atomic E-state index is 0.0287. The van der Waals surface area contributed by atoms with Gasteiger partial charge in [-0.15, -0.1) is 0 Å². The molecule has 0 aliphatic rings. The van der Waals surface area contributed by atoms with Gasteiger partial charge in [0.05, 0.1) is 30.8 Å². The standard InChI is InChI=1S/C23H19Cl2NO4/c1-30-18-4-2-3-15(11-18)9-10-21-19(24)13-20(25)23(29)26(21)14-17-7-5-16(6-8-17)12-22(27)28/h2-11,13H,12,14H2,1H3,(H,27,28). The van der Waals surface area contributed by atoms with Crippen molar-refractivity contribution in [2.24, 2.45) is 0 Å². The molecular weight excluding hydrogens is 425 g/mol. The van der Waals surface area contributed by atoms with Crippen LogP contribution in [0.5, 0.6) is 5.75 Å². The second-order valence-corrected chi connectivity index (χ2v) is 7.43. The van der Waals surface area contributed by atoms with Crippen LogP contribution >= 0.6 is 23.2 Å². The molecule has 154 valence electrons. The van der Waals surface area contributed by atoms with Crippen molar-refractivity contribution in [3.63, 3.8) is 0 Å². The third-order valence-electron chi connectivity index (χ3n) is 4.48. The van der Waals surface area contributed by atoms with E-state index in [1.54, 1.807) is 37.5 Å². The van der Waals surface area contributed by atoms with E-state index in [1.165, 1.54) is 10.6 Å². The molecule has 0 fully saturated rings. The van der Waals surface area contributed by atoms with E-state index >= 15 is 0 Å². The van der Waals surface area contributed by atoms with Gasteiger partial charge in [-0.05, 0) is 41.0 Å². The first-order valence-corrected chi connectivity index (χ1v) is 9.83. The number of carboxylic acids is 1. The average molecular weight is 444 g/mol. The number of halogens is 2. The van der Waals surface area contributed by atoms with E-state index in [0.29, 0.717) is 16.3 Å². The number of nitrogens with zero attached hydrogens (tertiary/aromatic N) is 1. The average Bonchev–Trinajstić information content (AvgIpc) is 2.72. The van der Waals surface area contributed by atoms with Gasteiger partial charge < -0.3 is 14.4 Å². The quantitative estimate of drug-likeness (QED) is 0.557. The Morgan fingerprint density at radius 2 is 1.73 bits per heavy atom. The van der Waals surface area contributed by atoms with Gasteiger partial charge in [-0.25, -0.2) is 0 Å². The predicted octanol–water partition coefficient (Wildman–Crippen LogP) is 5.01. The number of hydrogen-bond donors (Lipinski definition) is 1. The molecule has 2 aromatic carbocycles. The van der Waals surface area contributed by atoms with Crippen LogP contribution in [0.3, 0.4) is 0 Å². The number of carbonyl (C=O) groups is 1. The van der Waals surface area contributed by atoms with E-state index in [2.05, 4.69) is 0 Å². The lowest BCUT2D eigenvalue weighted by Crippen LogP contribution is -2.23. The lowest BCUT2D eigenvalue weighted by molar-refractivity contribution is -0.136. The molecule has 0 saturated heterocycles. The first-order chi connectivity index (χ1) is 14.4. The van der Waals surface area contributed by atoms with Crippen LogP contribution in [-0.4, -0.2) is 22.8 Å². The van der Waals surface area contributed by atoms with E-state index in [1.807, 2.05) is 30.3 Å². The number of benzene rings is 2. The summed E-state index contributed by atoms with van der Waals surface area (Å²) < 4.78 is 6.73. The molecule has 5 nitrogen and oxygen atoms in total. The topological polar surface area (TPSA) is 68.5 Å². The molecule has 30 heavy (non-hydrogen) atoms. The fraction of sp³-hybridized carbons (Fsp3) is 0.130. The summed E-state index contributed by atoms with van der Waals surface area (Å²) in [6.45, 7) is 0.240. The molecule has 0 spiro atoms. The lowest BCUT2D eigenvalue weighted by atomic mass is 10.1. The van der Waals surface area contributed by atoms with Crippen molar-refractivity contribution in [3.8, 4) is 5.75 Å². The Labute approximate surface area is 183 Å². The molecule has 0 aliphatic carbocycles. The molecule has 3 rings (SSSR count). The molecule has 0 radical (unpaired) electrons. The Bertz CT molecular complexity index is 1150. The van der Waals surface area contributed by atoms with Gasteiger partial charge >= 0.3 is 5.97 Å². The fourth-order valence-electron chi connectivity index (χ4n) is 2.98. The summed E-state index contributed by atoms with van der Waals surface area (Å²) in [7, 11) is 1.60. The number of rotatable bonds is 7. The Balaban J connectivity index is 1.96. The highest BCUT2D eigenvalue weighted by Crippen LogP contribution is 2.22. The number of methoxy groups -OCH3 is 1. The van der Waals surface area contributed by atoms with Crippen molar-refractivity contribution in [1.29, 1.82) is 0 Å². The Morgan fingerprint density at radius 3 is 2.40 bits per heavy atom. The maximum Gasteiger partial charge on any atom is 0.307 e. The molecular formula is C23H19Cl2NO4. The highest BCUT2D eigenvalue weighted by atomic mass is 35.5.